The second-order valence-corrected chi connectivity index (χ2v) is 7.13. The third kappa shape index (κ3) is 5.04. The first-order valence-corrected chi connectivity index (χ1v) is 9.29. The van der Waals surface area contributed by atoms with E-state index in [1.54, 1.807) is 18.2 Å². The fourth-order valence-corrected chi connectivity index (χ4v) is 3.61. The van der Waals surface area contributed by atoms with Gasteiger partial charge in [-0.05, 0) is 61.8 Å². The molecule has 4 rings (SSSR count). The first-order chi connectivity index (χ1) is 13.1. The normalized spacial score (nSPS) is 18.4. The van der Waals surface area contributed by atoms with Crippen LogP contribution in [0.15, 0.2) is 54.6 Å². The van der Waals surface area contributed by atoms with E-state index in [0.717, 1.165) is 36.0 Å². The molecule has 2 aromatic carbocycles. The van der Waals surface area contributed by atoms with Gasteiger partial charge in [-0.1, -0.05) is 25.1 Å². The first kappa shape index (κ1) is 23.1. The van der Waals surface area contributed by atoms with Gasteiger partial charge in [0.05, 0.1) is 16.8 Å². The lowest BCUT2D eigenvalue weighted by Gasteiger charge is -2.30. The van der Waals surface area contributed by atoms with Crippen molar-refractivity contribution in [1.82, 2.24) is 15.6 Å². The highest BCUT2D eigenvalue weighted by atomic mass is 35.5. The van der Waals surface area contributed by atoms with E-state index in [2.05, 4.69) is 22.5 Å². The molecule has 2 unspecified atom stereocenters. The minimum Gasteiger partial charge on any atom is -0.349 e. The Hall–Kier alpha value is -2.21. The molecule has 2 atom stereocenters. The third-order valence-corrected chi connectivity index (χ3v) is 5.20. The zero-order valence-electron chi connectivity index (χ0n) is 16.0. The van der Waals surface area contributed by atoms with Gasteiger partial charge in [0.1, 0.15) is 5.82 Å². The molecule has 0 radical (unpaired) electrons. The highest BCUT2D eigenvalue weighted by molar-refractivity contribution is 6.07. The van der Waals surface area contributed by atoms with Crippen LogP contribution in [-0.4, -0.2) is 30.0 Å². The Labute approximate surface area is 182 Å². The molecule has 1 aromatic heterocycles. The van der Waals surface area contributed by atoms with E-state index in [-0.39, 0.29) is 42.6 Å². The van der Waals surface area contributed by atoms with Crippen molar-refractivity contribution < 1.29 is 9.18 Å². The van der Waals surface area contributed by atoms with Gasteiger partial charge >= 0.3 is 0 Å². The second-order valence-electron chi connectivity index (χ2n) is 7.13. The summed E-state index contributed by atoms with van der Waals surface area (Å²) in [4.78, 5) is 17.8. The van der Waals surface area contributed by atoms with Crippen LogP contribution in [0, 0.1) is 11.7 Å². The van der Waals surface area contributed by atoms with Crippen LogP contribution >= 0.6 is 24.8 Å². The summed E-state index contributed by atoms with van der Waals surface area (Å²) in [6.45, 7) is 3.96. The van der Waals surface area contributed by atoms with Crippen LogP contribution in [0.25, 0.3) is 22.2 Å². The van der Waals surface area contributed by atoms with Crippen molar-refractivity contribution in [1.29, 1.82) is 0 Å². The molecular weight excluding hydrogens is 412 g/mol. The first-order valence-electron chi connectivity index (χ1n) is 9.29. The van der Waals surface area contributed by atoms with E-state index in [0.29, 0.717) is 17.2 Å². The molecule has 1 aliphatic rings. The molecule has 1 aliphatic heterocycles. The number of pyridine rings is 1. The molecule has 2 heterocycles. The van der Waals surface area contributed by atoms with Crippen LogP contribution in [0.4, 0.5) is 4.39 Å². The van der Waals surface area contributed by atoms with Crippen molar-refractivity contribution in [3.63, 3.8) is 0 Å². The quantitative estimate of drug-likeness (QED) is 0.631. The van der Waals surface area contributed by atoms with Crippen LogP contribution in [0.1, 0.15) is 23.7 Å². The summed E-state index contributed by atoms with van der Waals surface area (Å²) in [5.74, 6) is 0.000448. The molecule has 1 saturated heterocycles. The summed E-state index contributed by atoms with van der Waals surface area (Å²) in [6.07, 6.45) is 0.917. The summed E-state index contributed by atoms with van der Waals surface area (Å²) in [7, 11) is 0. The van der Waals surface area contributed by atoms with Crippen LogP contribution in [-0.2, 0) is 0 Å². The topological polar surface area (TPSA) is 54.0 Å². The number of rotatable bonds is 3. The predicted molar refractivity (Wildman–Crippen MR) is 120 cm³/mol. The van der Waals surface area contributed by atoms with Crippen molar-refractivity contribution in [3.05, 3.63) is 66.0 Å². The summed E-state index contributed by atoms with van der Waals surface area (Å²) >= 11 is 0. The lowest BCUT2D eigenvalue weighted by Crippen LogP contribution is -2.48. The molecule has 4 nitrogen and oxygen atoms in total. The Kier molecular flexibility index (Phi) is 7.96. The Morgan fingerprint density at radius 1 is 1.14 bits per heavy atom. The number of halogens is 3. The summed E-state index contributed by atoms with van der Waals surface area (Å²) < 4.78 is 13.3. The molecule has 154 valence electrons. The third-order valence-electron chi connectivity index (χ3n) is 5.20. The second kappa shape index (κ2) is 10.0. The average molecular weight is 436 g/mol. The molecule has 7 heteroatoms. The lowest BCUT2D eigenvalue weighted by atomic mass is 9.94. The Bertz CT molecular complexity index is 981. The summed E-state index contributed by atoms with van der Waals surface area (Å²) in [5, 5.41) is 7.37. The van der Waals surface area contributed by atoms with Crippen molar-refractivity contribution in [2.45, 2.75) is 19.4 Å². The smallest absolute Gasteiger partial charge is 0.252 e. The van der Waals surface area contributed by atoms with E-state index >= 15 is 0 Å². The van der Waals surface area contributed by atoms with Crippen LogP contribution < -0.4 is 10.6 Å². The number of nitrogens with zero attached hydrogens (tertiary/aromatic N) is 1. The van der Waals surface area contributed by atoms with E-state index in [9.17, 15) is 9.18 Å². The Morgan fingerprint density at radius 3 is 2.59 bits per heavy atom. The fourth-order valence-electron chi connectivity index (χ4n) is 3.61. The molecule has 1 fully saturated rings. The summed E-state index contributed by atoms with van der Waals surface area (Å²) in [6, 6.07) is 15.8. The van der Waals surface area contributed by atoms with E-state index in [1.165, 1.54) is 12.1 Å². The van der Waals surface area contributed by atoms with E-state index in [4.69, 9.17) is 0 Å². The number of nitrogens with one attached hydrogen (secondary N) is 2. The number of benzene rings is 2. The zero-order chi connectivity index (χ0) is 18.8. The number of amides is 1. The number of carbonyl (C=O) groups is 1. The molecule has 29 heavy (non-hydrogen) atoms. The predicted octanol–water partition coefficient (Wildman–Crippen LogP) is 4.61. The molecule has 0 spiro atoms. The maximum atomic E-state index is 13.3. The molecule has 0 saturated carbocycles. The van der Waals surface area contributed by atoms with Gasteiger partial charge in [-0.2, -0.15) is 0 Å². The number of aromatic nitrogens is 1. The van der Waals surface area contributed by atoms with Crippen molar-refractivity contribution >= 4 is 41.6 Å². The fraction of sp³-hybridized carbons (Fsp3) is 0.273. The van der Waals surface area contributed by atoms with Gasteiger partial charge in [0.25, 0.3) is 5.91 Å². The highest BCUT2D eigenvalue weighted by Gasteiger charge is 2.24. The van der Waals surface area contributed by atoms with Gasteiger partial charge in [-0.15, -0.1) is 24.8 Å². The monoisotopic (exact) mass is 435 g/mol. The molecule has 0 aliphatic carbocycles. The maximum absolute atomic E-state index is 13.3. The number of hydrogen-bond acceptors (Lipinski definition) is 3. The molecule has 3 aromatic rings. The van der Waals surface area contributed by atoms with Crippen LogP contribution in [0.5, 0.6) is 0 Å². The van der Waals surface area contributed by atoms with Crippen LogP contribution in [0.3, 0.4) is 0 Å². The van der Waals surface area contributed by atoms with Gasteiger partial charge in [-0.3, -0.25) is 4.79 Å². The van der Waals surface area contributed by atoms with Gasteiger partial charge in [0.2, 0.25) is 0 Å². The molecule has 2 N–H and O–H groups in total. The van der Waals surface area contributed by atoms with Gasteiger partial charge in [-0.25, -0.2) is 9.37 Å². The number of carbonyl (C=O) groups excluding carboxylic acids is 1. The minimum atomic E-state index is -0.294. The van der Waals surface area contributed by atoms with Crippen LogP contribution in [0.2, 0.25) is 0 Å². The lowest BCUT2D eigenvalue weighted by molar-refractivity contribution is 0.0916. The number of piperidine rings is 1. The Morgan fingerprint density at radius 2 is 1.86 bits per heavy atom. The minimum absolute atomic E-state index is 0. The van der Waals surface area contributed by atoms with Gasteiger partial charge in [0, 0.05) is 17.0 Å². The van der Waals surface area contributed by atoms with Gasteiger partial charge < -0.3 is 10.6 Å². The molecule has 1 amide bonds. The largest absolute Gasteiger partial charge is 0.349 e. The molecular formula is C22H24Cl2FN3O. The summed E-state index contributed by atoms with van der Waals surface area (Å²) in [5.41, 5.74) is 2.80. The number of para-hydroxylation sites is 1. The van der Waals surface area contributed by atoms with Gasteiger partial charge in [0.15, 0.2) is 0 Å². The van der Waals surface area contributed by atoms with Crippen molar-refractivity contribution in [3.8, 4) is 11.3 Å². The molecule has 0 bridgehead atoms. The highest BCUT2D eigenvalue weighted by Crippen LogP contribution is 2.25. The van der Waals surface area contributed by atoms with E-state index in [1.807, 2.05) is 24.3 Å². The maximum Gasteiger partial charge on any atom is 0.252 e. The standard InChI is InChI=1S/C22H22FN3O.2ClH/c1-14-13-24-11-10-19(14)26-22(27)18-12-21(15-6-8-16(23)9-7-15)25-20-5-3-2-4-17(18)20;;/h2-9,12,14,19,24H,10-11,13H2,1H3,(H,26,27);2*1H. The number of fused-ring (bicyclic) bond motifs is 1. The Balaban J connectivity index is 0.00000150. The van der Waals surface area contributed by atoms with Crippen molar-refractivity contribution in [2.75, 3.05) is 13.1 Å². The average Bonchev–Trinajstić information content (AvgIpc) is 2.69. The van der Waals surface area contributed by atoms with E-state index < -0.39 is 0 Å². The number of hydrogen-bond donors (Lipinski definition) is 2. The zero-order valence-corrected chi connectivity index (χ0v) is 17.7. The SMILES string of the molecule is CC1CNCCC1NC(=O)c1cc(-c2ccc(F)cc2)nc2ccccc12.Cl.Cl. The van der Waals surface area contributed by atoms with Crippen molar-refractivity contribution in [2.24, 2.45) is 5.92 Å².